The molecule has 1 saturated heterocycles. The molecule has 0 bridgehead atoms. The third-order valence-electron chi connectivity index (χ3n) is 6.02. The smallest absolute Gasteiger partial charge is 0.278 e. The zero-order valence-corrected chi connectivity index (χ0v) is 17.6. The Balaban J connectivity index is 1.79. The fourth-order valence-electron chi connectivity index (χ4n) is 4.56. The van der Waals surface area contributed by atoms with Crippen molar-refractivity contribution >= 4 is 17.4 Å². The van der Waals surface area contributed by atoms with Crippen LogP contribution in [0.5, 0.6) is 0 Å². The van der Waals surface area contributed by atoms with Gasteiger partial charge >= 0.3 is 0 Å². The second-order valence-electron chi connectivity index (χ2n) is 8.65. The average molecular weight is 392 g/mol. The SMILES string of the molecule is Cc1ccc(C2=C(N3CC(C)CC(C)C3)C(=O)N(Cc3ccco3)C2=O)cc1C. The summed E-state index contributed by atoms with van der Waals surface area (Å²) in [6, 6.07) is 9.55. The van der Waals surface area contributed by atoms with Crippen molar-refractivity contribution < 1.29 is 14.0 Å². The van der Waals surface area contributed by atoms with Gasteiger partial charge in [-0.05, 0) is 60.9 Å². The van der Waals surface area contributed by atoms with Gasteiger partial charge in [-0.15, -0.1) is 0 Å². The summed E-state index contributed by atoms with van der Waals surface area (Å²) in [6.45, 7) is 10.2. The van der Waals surface area contributed by atoms with Crippen molar-refractivity contribution in [2.45, 2.75) is 40.7 Å². The Morgan fingerprint density at radius 2 is 1.72 bits per heavy atom. The molecule has 2 aliphatic rings. The van der Waals surface area contributed by atoms with Crippen LogP contribution in [-0.2, 0) is 16.1 Å². The van der Waals surface area contributed by atoms with Gasteiger partial charge in [-0.2, -0.15) is 0 Å². The van der Waals surface area contributed by atoms with Crippen molar-refractivity contribution in [3.8, 4) is 0 Å². The maximum Gasteiger partial charge on any atom is 0.278 e. The van der Waals surface area contributed by atoms with Crippen molar-refractivity contribution in [2.24, 2.45) is 11.8 Å². The number of imide groups is 1. The van der Waals surface area contributed by atoms with E-state index < -0.39 is 0 Å². The Bertz CT molecular complexity index is 964. The first-order valence-electron chi connectivity index (χ1n) is 10.3. The number of hydrogen-bond acceptors (Lipinski definition) is 4. The molecule has 0 aliphatic carbocycles. The lowest BCUT2D eigenvalue weighted by Crippen LogP contribution is -2.41. The summed E-state index contributed by atoms with van der Waals surface area (Å²) in [5, 5.41) is 0. The van der Waals surface area contributed by atoms with E-state index in [2.05, 4.69) is 18.7 Å². The van der Waals surface area contributed by atoms with E-state index in [1.165, 1.54) is 10.5 Å². The number of amides is 2. The monoisotopic (exact) mass is 392 g/mol. The molecule has 152 valence electrons. The van der Waals surface area contributed by atoms with E-state index in [9.17, 15) is 9.59 Å². The highest BCUT2D eigenvalue weighted by Gasteiger charge is 2.43. The lowest BCUT2D eigenvalue weighted by molar-refractivity contribution is -0.138. The third kappa shape index (κ3) is 3.61. The van der Waals surface area contributed by atoms with Crippen molar-refractivity contribution in [1.29, 1.82) is 0 Å². The quantitative estimate of drug-likeness (QED) is 0.734. The maximum absolute atomic E-state index is 13.5. The zero-order valence-electron chi connectivity index (χ0n) is 17.6. The van der Waals surface area contributed by atoms with E-state index in [4.69, 9.17) is 4.42 Å². The molecule has 2 atom stereocenters. The van der Waals surface area contributed by atoms with Crippen LogP contribution < -0.4 is 0 Å². The number of benzene rings is 1. The molecule has 0 saturated carbocycles. The predicted octanol–water partition coefficient (Wildman–Crippen LogP) is 4.15. The van der Waals surface area contributed by atoms with E-state index >= 15 is 0 Å². The number of carbonyl (C=O) groups excluding carboxylic acids is 2. The van der Waals surface area contributed by atoms with Gasteiger partial charge in [0.2, 0.25) is 0 Å². The molecular weight excluding hydrogens is 364 g/mol. The van der Waals surface area contributed by atoms with Crippen molar-refractivity contribution in [3.63, 3.8) is 0 Å². The number of aryl methyl sites for hydroxylation is 2. The second kappa shape index (κ2) is 7.54. The molecular formula is C24H28N2O3. The van der Waals surface area contributed by atoms with Crippen LogP contribution in [0.25, 0.3) is 5.57 Å². The zero-order chi connectivity index (χ0) is 20.7. The third-order valence-corrected chi connectivity index (χ3v) is 6.02. The molecule has 2 unspecified atom stereocenters. The predicted molar refractivity (Wildman–Crippen MR) is 112 cm³/mol. The number of likely N-dealkylation sites (tertiary alicyclic amines) is 1. The van der Waals surface area contributed by atoms with Crippen LogP contribution in [0, 0.1) is 25.7 Å². The van der Waals surface area contributed by atoms with Crippen LogP contribution in [-0.4, -0.2) is 34.7 Å². The van der Waals surface area contributed by atoms with Gasteiger partial charge in [0.15, 0.2) is 0 Å². The fourth-order valence-corrected chi connectivity index (χ4v) is 4.56. The number of nitrogens with zero attached hydrogens (tertiary/aromatic N) is 2. The Hall–Kier alpha value is -2.82. The Morgan fingerprint density at radius 1 is 1.00 bits per heavy atom. The summed E-state index contributed by atoms with van der Waals surface area (Å²) in [5.41, 5.74) is 4.16. The molecule has 2 aliphatic heterocycles. The first kappa shape index (κ1) is 19.5. The molecule has 1 aromatic carbocycles. The van der Waals surface area contributed by atoms with Gasteiger partial charge in [-0.1, -0.05) is 32.0 Å². The highest BCUT2D eigenvalue weighted by molar-refractivity contribution is 6.35. The molecule has 0 N–H and O–H groups in total. The molecule has 2 aromatic rings. The molecule has 3 heterocycles. The number of piperidine rings is 1. The van der Waals surface area contributed by atoms with Crippen molar-refractivity contribution in [2.75, 3.05) is 13.1 Å². The largest absolute Gasteiger partial charge is 0.467 e. The van der Waals surface area contributed by atoms with Crippen LogP contribution >= 0.6 is 0 Å². The Kier molecular flexibility index (Phi) is 5.07. The molecule has 29 heavy (non-hydrogen) atoms. The summed E-state index contributed by atoms with van der Waals surface area (Å²) < 4.78 is 5.40. The minimum atomic E-state index is -0.240. The average Bonchev–Trinajstić information content (AvgIpc) is 3.25. The molecule has 5 nitrogen and oxygen atoms in total. The number of furan rings is 1. The fraction of sp³-hybridized carbons (Fsp3) is 0.417. The van der Waals surface area contributed by atoms with Crippen LogP contribution in [0.4, 0.5) is 0 Å². The van der Waals surface area contributed by atoms with E-state index in [0.29, 0.717) is 28.9 Å². The topological polar surface area (TPSA) is 53.8 Å². The molecule has 0 spiro atoms. The molecule has 2 amide bonds. The van der Waals surface area contributed by atoms with E-state index in [1.807, 2.05) is 32.0 Å². The van der Waals surface area contributed by atoms with Gasteiger partial charge in [0.05, 0.1) is 18.4 Å². The van der Waals surface area contributed by atoms with Gasteiger partial charge in [0, 0.05) is 13.1 Å². The summed E-state index contributed by atoms with van der Waals surface area (Å²) in [4.78, 5) is 30.3. The summed E-state index contributed by atoms with van der Waals surface area (Å²) in [5.74, 6) is 1.10. The van der Waals surface area contributed by atoms with Gasteiger partial charge in [-0.3, -0.25) is 14.5 Å². The van der Waals surface area contributed by atoms with Gasteiger partial charge in [-0.25, -0.2) is 0 Å². The summed E-state index contributed by atoms with van der Waals surface area (Å²) in [7, 11) is 0. The van der Waals surface area contributed by atoms with E-state index in [0.717, 1.165) is 30.6 Å². The van der Waals surface area contributed by atoms with Crippen LogP contribution in [0.3, 0.4) is 0 Å². The Morgan fingerprint density at radius 3 is 2.34 bits per heavy atom. The van der Waals surface area contributed by atoms with Gasteiger partial charge < -0.3 is 9.32 Å². The number of rotatable bonds is 4. The maximum atomic E-state index is 13.5. The van der Waals surface area contributed by atoms with E-state index in [-0.39, 0.29) is 18.4 Å². The minimum absolute atomic E-state index is 0.154. The van der Waals surface area contributed by atoms with E-state index in [1.54, 1.807) is 18.4 Å². The highest BCUT2D eigenvalue weighted by atomic mass is 16.3. The number of carbonyl (C=O) groups is 2. The number of hydrogen-bond donors (Lipinski definition) is 0. The molecule has 1 aromatic heterocycles. The minimum Gasteiger partial charge on any atom is -0.467 e. The molecule has 1 fully saturated rings. The van der Waals surface area contributed by atoms with Crippen LogP contribution in [0.2, 0.25) is 0 Å². The van der Waals surface area contributed by atoms with Crippen LogP contribution in [0.1, 0.15) is 42.7 Å². The molecule has 0 radical (unpaired) electrons. The first-order valence-corrected chi connectivity index (χ1v) is 10.3. The van der Waals surface area contributed by atoms with Crippen LogP contribution in [0.15, 0.2) is 46.7 Å². The Labute approximate surface area is 172 Å². The second-order valence-corrected chi connectivity index (χ2v) is 8.65. The van der Waals surface area contributed by atoms with Gasteiger partial charge in [0.25, 0.3) is 11.8 Å². The normalized spacial score (nSPS) is 22.8. The highest BCUT2D eigenvalue weighted by Crippen LogP contribution is 2.36. The van der Waals surface area contributed by atoms with Crippen molar-refractivity contribution in [3.05, 3.63) is 64.7 Å². The van der Waals surface area contributed by atoms with Crippen molar-refractivity contribution in [1.82, 2.24) is 9.80 Å². The first-order chi connectivity index (χ1) is 13.8. The van der Waals surface area contributed by atoms with Gasteiger partial charge in [0.1, 0.15) is 11.5 Å². The lowest BCUT2D eigenvalue weighted by Gasteiger charge is -2.37. The lowest BCUT2D eigenvalue weighted by atomic mass is 9.90. The summed E-state index contributed by atoms with van der Waals surface area (Å²) in [6.07, 6.45) is 2.70. The standard InChI is InChI=1S/C24H28N2O3/c1-15-10-16(2)13-25(12-15)22-21(19-8-7-17(3)18(4)11-19)23(27)26(24(22)28)14-20-6-5-9-29-20/h5-9,11,15-16H,10,12-14H2,1-4H3. The molecule has 5 heteroatoms. The molecule has 4 rings (SSSR count). The summed E-state index contributed by atoms with van der Waals surface area (Å²) >= 11 is 0.